The fourth-order valence-corrected chi connectivity index (χ4v) is 7.56. The third kappa shape index (κ3) is 4.87. The highest BCUT2D eigenvalue weighted by Crippen LogP contribution is 2.41. The Morgan fingerprint density at radius 2 is 1.14 bits per heavy atom. The summed E-state index contributed by atoms with van der Waals surface area (Å²) >= 11 is 1.62. The maximum absolute atomic E-state index is 9.52. The maximum atomic E-state index is 9.52. The normalized spacial score (nSPS) is 13.3. The van der Waals surface area contributed by atoms with Crippen LogP contribution in [0.2, 0.25) is 0 Å². The van der Waals surface area contributed by atoms with Gasteiger partial charge in [-0.3, -0.25) is 0 Å². The molecular weight excluding hydrogens is 631 g/mol. The second kappa shape index (κ2) is 11.6. The van der Waals surface area contributed by atoms with Gasteiger partial charge in [0, 0.05) is 53.2 Å². The third-order valence-corrected chi connectivity index (χ3v) is 9.98. The van der Waals surface area contributed by atoms with Crippen LogP contribution in [-0.2, 0) is 0 Å². The van der Waals surface area contributed by atoms with Gasteiger partial charge in [-0.05, 0) is 47.0 Å². The average Bonchev–Trinajstić information content (AvgIpc) is 3.82. The van der Waals surface area contributed by atoms with Crippen molar-refractivity contribution >= 4 is 53.4 Å². The first-order valence-corrected chi connectivity index (χ1v) is 16.9. The van der Waals surface area contributed by atoms with Crippen LogP contribution in [0, 0.1) is 0 Å². The molecule has 3 aromatic heterocycles. The second-order valence-electron chi connectivity index (χ2n) is 11.9. The van der Waals surface area contributed by atoms with Crippen LogP contribution in [0.1, 0.15) is 8.22 Å². The predicted molar refractivity (Wildman–Crippen MR) is 207 cm³/mol. The summed E-state index contributed by atoms with van der Waals surface area (Å²) in [6.45, 7) is 0. The van der Waals surface area contributed by atoms with Crippen molar-refractivity contribution in [1.82, 2.24) is 15.0 Å². The van der Waals surface area contributed by atoms with Gasteiger partial charge >= 0.3 is 0 Å². The molecule has 0 aliphatic rings. The maximum Gasteiger partial charge on any atom is 0.164 e. The number of aromatic nitrogens is 3. The molecule has 0 N–H and O–H groups in total. The molecule has 3 heterocycles. The molecule has 234 valence electrons. The summed E-state index contributed by atoms with van der Waals surface area (Å²) in [4.78, 5) is 14.5. The number of hydrogen-bond donors (Lipinski definition) is 0. The number of fused-ring (bicyclic) bond motifs is 6. The Morgan fingerprint density at radius 1 is 0.460 bits per heavy atom. The van der Waals surface area contributed by atoms with Crippen LogP contribution in [0.3, 0.4) is 0 Å². The third-order valence-electron chi connectivity index (χ3n) is 8.85. The first-order chi connectivity index (χ1) is 27.3. The SMILES string of the molecule is [2H]c1c([2H])c([2H])c2c(oc3c([2H])c(-c4nc(-c5ccccc5)nc(-c5cccc(-c6ccccc6)c5)n4)c([2H])c([2H])c32)c1-c1ccc2c(c1)sc1ccccc12. The van der Waals surface area contributed by atoms with Gasteiger partial charge in [0.05, 0.1) is 8.22 Å². The summed E-state index contributed by atoms with van der Waals surface area (Å²) in [6.07, 6.45) is 0. The lowest BCUT2D eigenvalue weighted by atomic mass is 10.0. The minimum absolute atomic E-state index is 0.0220. The molecule has 0 atom stereocenters. The van der Waals surface area contributed by atoms with Crippen molar-refractivity contribution in [3.63, 3.8) is 0 Å². The van der Waals surface area contributed by atoms with Crippen molar-refractivity contribution in [2.45, 2.75) is 0 Å². The van der Waals surface area contributed by atoms with Gasteiger partial charge in [0.1, 0.15) is 11.2 Å². The minimum atomic E-state index is -0.333. The molecular formula is C45H27N3OS. The van der Waals surface area contributed by atoms with E-state index in [1.165, 1.54) is 0 Å². The van der Waals surface area contributed by atoms with Crippen molar-refractivity contribution in [3.05, 3.63) is 164 Å². The molecule has 5 heteroatoms. The summed E-state index contributed by atoms with van der Waals surface area (Å²) in [5.74, 6) is 0.677. The molecule has 4 nitrogen and oxygen atoms in total. The van der Waals surface area contributed by atoms with E-state index in [1.54, 1.807) is 11.3 Å². The Labute approximate surface area is 300 Å². The number of furan rings is 1. The van der Waals surface area contributed by atoms with Crippen molar-refractivity contribution in [2.75, 3.05) is 0 Å². The molecule has 10 rings (SSSR count). The van der Waals surface area contributed by atoms with Gasteiger partial charge in [0.25, 0.3) is 0 Å². The van der Waals surface area contributed by atoms with E-state index in [0.717, 1.165) is 31.3 Å². The molecule has 0 fully saturated rings. The zero-order chi connectivity index (χ0) is 38.2. The monoisotopic (exact) mass is 663 g/mol. The molecule has 0 saturated carbocycles. The number of rotatable bonds is 5. The molecule has 0 spiro atoms. The van der Waals surface area contributed by atoms with Gasteiger partial charge in [0.2, 0.25) is 0 Å². The molecule has 0 saturated heterocycles. The Balaban J connectivity index is 1.21. The number of nitrogens with zero attached hydrogens (tertiary/aromatic N) is 3. The molecule has 50 heavy (non-hydrogen) atoms. The standard InChI is InChI=1S/C45H27N3OS/c1-3-11-28(12-4-1)30-15-9-16-32(25-30)44-46-43(29-13-5-2-6-14-29)47-45(48-44)33-22-23-35-38-19-10-18-34(42(38)49-39(35)26-33)31-21-24-37-36-17-7-8-20-40(36)50-41(37)27-31/h1-27H/i10D,18D,19D,22D,23D,26D. The average molecular weight is 664 g/mol. The summed E-state index contributed by atoms with van der Waals surface area (Å²) < 4.78 is 63.5. The first-order valence-electron chi connectivity index (χ1n) is 19.1. The molecule has 0 radical (unpaired) electrons. The van der Waals surface area contributed by atoms with E-state index in [-0.39, 0.29) is 75.1 Å². The van der Waals surface area contributed by atoms with Crippen molar-refractivity contribution in [3.8, 4) is 56.4 Å². The molecule has 0 unspecified atom stereocenters. The number of hydrogen-bond acceptors (Lipinski definition) is 5. The lowest BCUT2D eigenvalue weighted by Crippen LogP contribution is -2.00. The smallest absolute Gasteiger partial charge is 0.164 e. The van der Waals surface area contributed by atoms with E-state index in [9.17, 15) is 4.11 Å². The lowest BCUT2D eigenvalue weighted by molar-refractivity contribution is 0.670. The highest BCUT2D eigenvalue weighted by Gasteiger charge is 2.17. The van der Waals surface area contributed by atoms with Crippen LogP contribution >= 0.6 is 11.3 Å². The minimum Gasteiger partial charge on any atom is -0.455 e. The number of thiophene rings is 1. The van der Waals surface area contributed by atoms with Gasteiger partial charge in [-0.15, -0.1) is 11.3 Å². The van der Waals surface area contributed by atoms with E-state index in [1.807, 2.05) is 115 Å². The number of benzene rings is 7. The van der Waals surface area contributed by atoms with Gasteiger partial charge in [-0.1, -0.05) is 133 Å². The Kier molecular flexibility index (Phi) is 5.35. The lowest BCUT2D eigenvalue weighted by Gasteiger charge is -2.09. The zero-order valence-corrected chi connectivity index (χ0v) is 27.1. The van der Waals surface area contributed by atoms with Crippen molar-refractivity contribution < 1.29 is 12.6 Å². The quantitative estimate of drug-likeness (QED) is 0.184. The molecule has 0 bridgehead atoms. The van der Waals surface area contributed by atoms with Crippen LogP contribution in [0.5, 0.6) is 0 Å². The van der Waals surface area contributed by atoms with Crippen molar-refractivity contribution in [1.29, 1.82) is 0 Å². The van der Waals surface area contributed by atoms with Crippen LogP contribution < -0.4 is 0 Å². The summed E-state index contributed by atoms with van der Waals surface area (Å²) in [5, 5.41) is 2.36. The van der Waals surface area contributed by atoms with Gasteiger partial charge in [-0.2, -0.15) is 0 Å². The Bertz CT molecular complexity index is 3220. The van der Waals surface area contributed by atoms with Crippen LogP contribution in [-0.4, -0.2) is 15.0 Å². The second-order valence-corrected chi connectivity index (χ2v) is 13.0. The van der Waals surface area contributed by atoms with E-state index in [2.05, 4.69) is 12.1 Å². The molecule has 0 amide bonds. The van der Waals surface area contributed by atoms with Gasteiger partial charge in [0.15, 0.2) is 17.5 Å². The van der Waals surface area contributed by atoms with Crippen LogP contribution in [0.25, 0.3) is 98.5 Å². The Morgan fingerprint density at radius 3 is 1.98 bits per heavy atom. The van der Waals surface area contributed by atoms with Crippen molar-refractivity contribution in [2.24, 2.45) is 0 Å². The molecule has 10 aromatic rings. The van der Waals surface area contributed by atoms with E-state index in [0.29, 0.717) is 28.3 Å². The van der Waals surface area contributed by atoms with Crippen LogP contribution in [0.15, 0.2) is 168 Å². The number of para-hydroxylation sites is 1. The first kappa shape index (κ1) is 23.0. The van der Waals surface area contributed by atoms with E-state index < -0.39 is 0 Å². The van der Waals surface area contributed by atoms with E-state index in [4.69, 9.17) is 23.5 Å². The highest BCUT2D eigenvalue weighted by atomic mass is 32.1. The molecule has 0 aliphatic carbocycles. The highest BCUT2D eigenvalue weighted by molar-refractivity contribution is 7.25. The molecule has 0 aliphatic heterocycles. The largest absolute Gasteiger partial charge is 0.455 e. The van der Waals surface area contributed by atoms with Crippen LogP contribution in [0.4, 0.5) is 0 Å². The predicted octanol–water partition coefficient (Wildman–Crippen LogP) is 12.5. The Hall–Kier alpha value is -6.43. The summed E-state index contributed by atoms with van der Waals surface area (Å²) in [7, 11) is 0. The van der Waals surface area contributed by atoms with Gasteiger partial charge in [-0.25, -0.2) is 15.0 Å². The zero-order valence-electron chi connectivity index (χ0n) is 32.3. The summed E-state index contributed by atoms with van der Waals surface area (Å²) in [5.41, 5.74) is 4.32. The van der Waals surface area contributed by atoms with Gasteiger partial charge < -0.3 is 4.42 Å². The fourth-order valence-electron chi connectivity index (χ4n) is 6.41. The van der Waals surface area contributed by atoms with E-state index >= 15 is 0 Å². The summed E-state index contributed by atoms with van der Waals surface area (Å²) in [6, 6.07) is 39.4. The fraction of sp³-hybridized carbons (Fsp3) is 0. The topological polar surface area (TPSA) is 51.8 Å². The molecule has 7 aromatic carbocycles.